The zero-order valence-electron chi connectivity index (χ0n) is 14.5. The van der Waals surface area contributed by atoms with Gasteiger partial charge in [0.1, 0.15) is 5.82 Å². The average molecular weight is 355 g/mol. The summed E-state index contributed by atoms with van der Waals surface area (Å²) in [7, 11) is 0. The molecule has 1 aliphatic heterocycles. The lowest BCUT2D eigenvalue weighted by Gasteiger charge is -2.32. The molecule has 2 aromatic rings. The molecule has 3 N–H and O–H groups in total. The monoisotopic (exact) mass is 355 g/mol. The minimum Gasteiger partial charge on any atom is -0.366 e. The van der Waals surface area contributed by atoms with E-state index in [1.54, 1.807) is 36.4 Å². The van der Waals surface area contributed by atoms with Gasteiger partial charge in [-0.2, -0.15) is 0 Å². The lowest BCUT2D eigenvalue weighted by atomic mass is 9.96. The predicted octanol–water partition coefficient (Wildman–Crippen LogP) is 2.78. The van der Waals surface area contributed by atoms with Crippen molar-refractivity contribution in [3.8, 4) is 0 Å². The standard InChI is InChI=1S/C20H22FN3O2/c21-17-9-3-1-6-14(17)12-24-11-5-7-15(13-24)20(26)23-18-10-4-2-8-16(18)19(22)25/h1-4,6,8-10,15H,5,7,11-13H2,(H2,22,25)(H,23,26). The van der Waals surface area contributed by atoms with Crippen LogP contribution < -0.4 is 11.1 Å². The van der Waals surface area contributed by atoms with Gasteiger partial charge in [0.2, 0.25) is 5.91 Å². The van der Waals surface area contributed by atoms with E-state index in [2.05, 4.69) is 10.2 Å². The number of piperidine rings is 1. The fourth-order valence-electron chi connectivity index (χ4n) is 3.32. The van der Waals surface area contributed by atoms with Crippen molar-refractivity contribution in [3.63, 3.8) is 0 Å². The molecule has 1 aliphatic rings. The Hall–Kier alpha value is -2.73. The van der Waals surface area contributed by atoms with Crippen molar-refractivity contribution in [1.82, 2.24) is 4.90 Å². The largest absolute Gasteiger partial charge is 0.366 e. The first-order valence-corrected chi connectivity index (χ1v) is 8.70. The summed E-state index contributed by atoms with van der Waals surface area (Å²) in [6.45, 7) is 1.86. The maximum absolute atomic E-state index is 13.9. The van der Waals surface area contributed by atoms with Gasteiger partial charge in [-0.05, 0) is 37.6 Å². The fourth-order valence-corrected chi connectivity index (χ4v) is 3.32. The van der Waals surface area contributed by atoms with Crippen molar-refractivity contribution in [2.45, 2.75) is 19.4 Å². The van der Waals surface area contributed by atoms with Crippen LogP contribution in [0.25, 0.3) is 0 Å². The SMILES string of the molecule is NC(=O)c1ccccc1NC(=O)C1CCCN(Cc2ccccc2F)C1. The Kier molecular flexibility index (Phi) is 5.63. The van der Waals surface area contributed by atoms with Crippen LogP contribution in [-0.4, -0.2) is 29.8 Å². The molecule has 3 rings (SSSR count). The Labute approximate surface area is 152 Å². The molecule has 1 atom stereocenters. The summed E-state index contributed by atoms with van der Waals surface area (Å²) in [5.74, 6) is -1.16. The van der Waals surface area contributed by atoms with Crippen molar-refractivity contribution >= 4 is 17.5 Å². The van der Waals surface area contributed by atoms with Crippen molar-refractivity contribution in [2.24, 2.45) is 11.7 Å². The smallest absolute Gasteiger partial charge is 0.250 e. The lowest BCUT2D eigenvalue weighted by molar-refractivity contribution is -0.121. The van der Waals surface area contributed by atoms with Gasteiger partial charge in [0.05, 0.1) is 17.2 Å². The number of benzene rings is 2. The Morgan fingerprint density at radius 1 is 1.15 bits per heavy atom. The lowest BCUT2D eigenvalue weighted by Crippen LogP contribution is -2.40. The van der Waals surface area contributed by atoms with E-state index in [9.17, 15) is 14.0 Å². The summed E-state index contributed by atoms with van der Waals surface area (Å²) in [4.78, 5) is 26.2. The molecule has 136 valence electrons. The van der Waals surface area contributed by atoms with Gasteiger partial charge in [0, 0.05) is 18.7 Å². The molecule has 6 heteroatoms. The van der Waals surface area contributed by atoms with Gasteiger partial charge >= 0.3 is 0 Å². The number of primary amides is 1. The number of amides is 2. The van der Waals surface area contributed by atoms with Crippen molar-refractivity contribution in [3.05, 3.63) is 65.5 Å². The Balaban J connectivity index is 1.65. The van der Waals surface area contributed by atoms with Crippen LogP contribution in [0, 0.1) is 11.7 Å². The third-order valence-electron chi connectivity index (χ3n) is 4.68. The van der Waals surface area contributed by atoms with Crippen LogP contribution >= 0.6 is 0 Å². The number of carbonyl (C=O) groups excluding carboxylic acids is 2. The number of carbonyl (C=O) groups is 2. The summed E-state index contributed by atoms with van der Waals surface area (Å²) in [5, 5.41) is 2.82. The van der Waals surface area contributed by atoms with Gasteiger partial charge in [-0.25, -0.2) is 4.39 Å². The minimum atomic E-state index is -0.578. The van der Waals surface area contributed by atoms with Crippen LogP contribution in [0.4, 0.5) is 10.1 Å². The maximum atomic E-state index is 13.9. The normalized spacial score (nSPS) is 17.7. The third kappa shape index (κ3) is 4.26. The Bertz CT molecular complexity index is 809. The summed E-state index contributed by atoms with van der Waals surface area (Å²) < 4.78 is 13.9. The number of nitrogens with two attached hydrogens (primary N) is 1. The second kappa shape index (κ2) is 8.10. The van der Waals surface area contributed by atoms with Gasteiger partial charge in [0.15, 0.2) is 0 Å². The van der Waals surface area contributed by atoms with Crippen molar-refractivity contribution in [1.29, 1.82) is 0 Å². The quantitative estimate of drug-likeness (QED) is 0.866. The van der Waals surface area contributed by atoms with E-state index in [0.29, 0.717) is 29.9 Å². The topological polar surface area (TPSA) is 75.4 Å². The first-order valence-electron chi connectivity index (χ1n) is 8.70. The molecule has 1 saturated heterocycles. The van der Waals surface area contributed by atoms with Crippen LogP contribution in [0.1, 0.15) is 28.8 Å². The molecule has 2 aromatic carbocycles. The summed E-state index contributed by atoms with van der Waals surface area (Å²) in [6.07, 6.45) is 1.63. The number of para-hydroxylation sites is 1. The van der Waals surface area contributed by atoms with E-state index in [4.69, 9.17) is 5.73 Å². The summed E-state index contributed by atoms with van der Waals surface area (Å²) >= 11 is 0. The maximum Gasteiger partial charge on any atom is 0.250 e. The molecule has 2 amide bonds. The molecule has 5 nitrogen and oxygen atoms in total. The van der Waals surface area contributed by atoms with Crippen LogP contribution in [0.5, 0.6) is 0 Å². The average Bonchev–Trinajstić information content (AvgIpc) is 2.64. The zero-order chi connectivity index (χ0) is 18.5. The van der Waals surface area contributed by atoms with Crippen LogP contribution in [0.15, 0.2) is 48.5 Å². The highest BCUT2D eigenvalue weighted by Crippen LogP contribution is 2.22. The highest BCUT2D eigenvalue weighted by Gasteiger charge is 2.27. The second-order valence-corrected chi connectivity index (χ2v) is 6.56. The minimum absolute atomic E-state index is 0.142. The molecule has 0 spiro atoms. The number of anilines is 1. The number of likely N-dealkylation sites (tertiary alicyclic amines) is 1. The molecule has 0 radical (unpaired) electrons. The Morgan fingerprint density at radius 3 is 2.65 bits per heavy atom. The van der Waals surface area contributed by atoms with Crippen LogP contribution in [-0.2, 0) is 11.3 Å². The number of nitrogens with one attached hydrogen (secondary N) is 1. The highest BCUT2D eigenvalue weighted by atomic mass is 19.1. The molecule has 0 saturated carbocycles. The van der Waals surface area contributed by atoms with E-state index >= 15 is 0 Å². The summed E-state index contributed by atoms with van der Waals surface area (Å²) in [6, 6.07) is 13.4. The molecule has 1 fully saturated rings. The highest BCUT2D eigenvalue weighted by molar-refractivity contribution is 6.03. The summed E-state index contributed by atoms with van der Waals surface area (Å²) in [5.41, 5.74) is 6.71. The van der Waals surface area contributed by atoms with E-state index in [0.717, 1.165) is 19.4 Å². The van der Waals surface area contributed by atoms with Gasteiger partial charge in [0.25, 0.3) is 5.91 Å². The molecule has 0 aliphatic carbocycles. The van der Waals surface area contributed by atoms with E-state index in [1.165, 1.54) is 6.07 Å². The van der Waals surface area contributed by atoms with E-state index in [1.807, 2.05) is 6.07 Å². The number of halogens is 1. The molecule has 0 bridgehead atoms. The third-order valence-corrected chi connectivity index (χ3v) is 4.68. The van der Waals surface area contributed by atoms with Crippen molar-refractivity contribution in [2.75, 3.05) is 18.4 Å². The van der Waals surface area contributed by atoms with E-state index < -0.39 is 5.91 Å². The molecule has 0 aromatic heterocycles. The first kappa shape index (κ1) is 18.1. The number of hydrogen-bond acceptors (Lipinski definition) is 3. The van der Waals surface area contributed by atoms with Crippen LogP contribution in [0.3, 0.4) is 0 Å². The predicted molar refractivity (Wildman–Crippen MR) is 98.0 cm³/mol. The van der Waals surface area contributed by atoms with Crippen LogP contribution in [0.2, 0.25) is 0 Å². The fraction of sp³-hybridized carbons (Fsp3) is 0.300. The molecular weight excluding hydrogens is 333 g/mol. The molecule has 1 unspecified atom stereocenters. The Morgan fingerprint density at radius 2 is 1.88 bits per heavy atom. The number of hydrogen-bond donors (Lipinski definition) is 2. The molecule has 26 heavy (non-hydrogen) atoms. The van der Waals surface area contributed by atoms with Crippen molar-refractivity contribution < 1.29 is 14.0 Å². The first-order chi connectivity index (χ1) is 12.5. The van der Waals surface area contributed by atoms with Gasteiger partial charge in [-0.1, -0.05) is 30.3 Å². The zero-order valence-corrected chi connectivity index (χ0v) is 14.5. The van der Waals surface area contributed by atoms with Gasteiger partial charge in [-0.15, -0.1) is 0 Å². The second-order valence-electron chi connectivity index (χ2n) is 6.56. The number of rotatable bonds is 5. The van der Waals surface area contributed by atoms with Gasteiger partial charge < -0.3 is 11.1 Å². The molecule has 1 heterocycles. The van der Waals surface area contributed by atoms with E-state index in [-0.39, 0.29) is 17.6 Å². The number of nitrogens with zero attached hydrogens (tertiary/aromatic N) is 1. The molecular formula is C20H22FN3O2. The van der Waals surface area contributed by atoms with Gasteiger partial charge in [-0.3, -0.25) is 14.5 Å².